The summed E-state index contributed by atoms with van der Waals surface area (Å²) < 4.78 is 1.83. The molecule has 0 fully saturated rings. The number of nitrogens with zero attached hydrogens (tertiary/aromatic N) is 2. The van der Waals surface area contributed by atoms with Gasteiger partial charge in [0, 0.05) is 10.2 Å². The summed E-state index contributed by atoms with van der Waals surface area (Å²) in [6, 6.07) is 7.88. The van der Waals surface area contributed by atoms with Crippen molar-refractivity contribution in [2.24, 2.45) is 0 Å². The molecule has 0 aliphatic carbocycles. The Kier molecular flexibility index (Phi) is 3.15. The molecule has 3 nitrogen and oxygen atoms in total. The lowest BCUT2D eigenvalue weighted by atomic mass is 10.3. The molecule has 0 saturated heterocycles. The summed E-state index contributed by atoms with van der Waals surface area (Å²) in [5, 5.41) is 11.7. The fourth-order valence-corrected chi connectivity index (χ4v) is 2.21. The average molecular weight is 335 g/mol. The van der Waals surface area contributed by atoms with Gasteiger partial charge in [-0.3, -0.25) is 0 Å². The average Bonchev–Trinajstić information content (AvgIpc) is 2.56. The fraction of sp³-hybridized carbons (Fsp3) is 0. The Labute approximate surface area is 102 Å². The first-order valence-electron chi connectivity index (χ1n) is 3.75. The van der Waals surface area contributed by atoms with Crippen LogP contribution in [0.2, 0.25) is 0 Å². The number of hydrogen-bond donors (Lipinski definition) is 1. The first-order chi connectivity index (χ1) is 6.74. The van der Waals surface area contributed by atoms with E-state index in [4.69, 9.17) is 0 Å². The van der Waals surface area contributed by atoms with Crippen molar-refractivity contribution >= 4 is 54.0 Å². The van der Waals surface area contributed by atoms with Crippen LogP contribution in [0.5, 0.6) is 0 Å². The molecule has 0 radical (unpaired) electrons. The van der Waals surface area contributed by atoms with Gasteiger partial charge in [0.2, 0.25) is 5.13 Å². The zero-order valence-electron chi connectivity index (χ0n) is 6.87. The monoisotopic (exact) mass is 333 g/mol. The third kappa shape index (κ3) is 2.52. The smallest absolute Gasteiger partial charge is 0.210 e. The molecule has 0 saturated carbocycles. The van der Waals surface area contributed by atoms with Crippen molar-refractivity contribution in [3.05, 3.63) is 32.7 Å². The van der Waals surface area contributed by atoms with Gasteiger partial charge in [0.05, 0.1) is 0 Å². The van der Waals surface area contributed by atoms with Crippen LogP contribution in [-0.4, -0.2) is 10.2 Å². The summed E-state index contributed by atoms with van der Waals surface area (Å²) in [5.41, 5.74) is 0.997. The molecule has 6 heteroatoms. The fourth-order valence-electron chi connectivity index (χ4n) is 0.913. The van der Waals surface area contributed by atoms with Crippen molar-refractivity contribution in [1.82, 2.24) is 10.2 Å². The second-order valence-corrected chi connectivity index (χ2v) is 5.66. The predicted octanol–water partition coefficient (Wildman–Crippen LogP) is 3.81. The summed E-state index contributed by atoms with van der Waals surface area (Å²) in [4.78, 5) is 0. The van der Waals surface area contributed by atoms with Gasteiger partial charge >= 0.3 is 0 Å². The molecule has 14 heavy (non-hydrogen) atoms. The van der Waals surface area contributed by atoms with Gasteiger partial charge in [-0.2, -0.15) is 0 Å². The van der Waals surface area contributed by atoms with Crippen LogP contribution >= 0.6 is 43.2 Å². The molecule has 72 valence electrons. The first-order valence-corrected chi connectivity index (χ1v) is 6.16. The number of hydrogen-bond acceptors (Lipinski definition) is 4. The number of aromatic nitrogens is 2. The van der Waals surface area contributed by atoms with E-state index in [0.717, 1.165) is 19.2 Å². The molecule has 2 rings (SSSR count). The van der Waals surface area contributed by atoms with Crippen LogP contribution < -0.4 is 5.32 Å². The normalized spacial score (nSPS) is 10.1. The van der Waals surface area contributed by atoms with E-state index in [1.165, 1.54) is 11.3 Å². The highest BCUT2D eigenvalue weighted by atomic mass is 79.9. The highest BCUT2D eigenvalue weighted by Gasteiger charge is 2.00. The zero-order valence-corrected chi connectivity index (χ0v) is 10.9. The number of rotatable bonds is 2. The second kappa shape index (κ2) is 4.37. The lowest BCUT2D eigenvalue weighted by Crippen LogP contribution is -1.88. The van der Waals surface area contributed by atoms with Gasteiger partial charge in [0.1, 0.15) is 0 Å². The van der Waals surface area contributed by atoms with Gasteiger partial charge in [0.25, 0.3) is 0 Å². The van der Waals surface area contributed by atoms with E-state index >= 15 is 0 Å². The summed E-state index contributed by atoms with van der Waals surface area (Å²) >= 11 is 8.09. The third-order valence-electron chi connectivity index (χ3n) is 1.50. The van der Waals surface area contributed by atoms with E-state index in [1.807, 2.05) is 24.3 Å². The molecule has 1 heterocycles. The largest absolute Gasteiger partial charge is 0.330 e. The van der Waals surface area contributed by atoms with Crippen LogP contribution in [0.25, 0.3) is 0 Å². The number of anilines is 2. The maximum atomic E-state index is 3.93. The van der Waals surface area contributed by atoms with Gasteiger partial charge in [-0.15, -0.1) is 10.2 Å². The van der Waals surface area contributed by atoms with E-state index in [0.29, 0.717) is 0 Å². The van der Waals surface area contributed by atoms with Gasteiger partial charge < -0.3 is 5.32 Å². The summed E-state index contributed by atoms with van der Waals surface area (Å²) in [6.07, 6.45) is 0. The predicted molar refractivity (Wildman–Crippen MR) is 65.0 cm³/mol. The van der Waals surface area contributed by atoms with Crippen LogP contribution in [0.1, 0.15) is 0 Å². The second-order valence-electron chi connectivity index (χ2n) is 2.49. The SMILES string of the molecule is Brc1ccc(Nc2nnc(Br)s2)cc1. The van der Waals surface area contributed by atoms with Crippen molar-refractivity contribution in [2.75, 3.05) is 5.32 Å². The Balaban J connectivity index is 2.15. The van der Waals surface area contributed by atoms with Gasteiger partial charge in [-0.25, -0.2) is 0 Å². The van der Waals surface area contributed by atoms with Crippen molar-refractivity contribution < 1.29 is 0 Å². The van der Waals surface area contributed by atoms with Crippen molar-refractivity contribution in [3.63, 3.8) is 0 Å². The van der Waals surface area contributed by atoms with E-state index in [1.54, 1.807) is 0 Å². The molecule has 0 unspecified atom stereocenters. The van der Waals surface area contributed by atoms with Crippen LogP contribution in [0.15, 0.2) is 32.7 Å². The standard InChI is InChI=1S/C8H5Br2N3S/c9-5-1-3-6(4-2-5)11-8-13-12-7(10)14-8/h1-4H,(H,11,13). The molecule has 1 N–H and O–H groups in total. The van der Waals surface area contributed by atoms with Gasteiger partial charge in [0.15, 0.2) is 3.92 Å². The minimum atomic E-state index is 0.775. The molecule has 0 bridgehead atoms. The minimum Gasteiger partial charge on any atom is -0.330 e. The number of halogens is 2. The molecule has 2 aromatic rings. The Morgan fingerprint density at radius 3 is 2.36 bits per heavy atom. The first kappa shape index (κ1) is 10.1. The van der Waals surface area contributed by atoms with E-state index in [2.05, 4.69) is 47.4 Å². The van der Waals surface area contributed by atoms with Gasteiger partial charge in [-0.05, 0) is 40.2 Å². The number of nitrogens with one attached hydrogen (secondary N) is 1. The lowest BCUT2D eigenvalue weighted by Gasteiger charge is -2.00. The highest BCUT2D eigenvalue weighted by molar-refractivity contribution is 9.11. The van der Waals surface area contributed by atoms with Crippen LogP contribution in [0, 0.1) is 0 Å². The zero-order chi connectivity index (χ0) is 9.97. The van der Waals surface area contributed by atoms with Crippen molar-refractivity contribution in [3.8, 4) is 0 Å². The Hall–Kier alpha value is -0.460. The summed E-state index contributed by atoms with van der Waals surface area (Å²) in [6.45, 7) is 0. The molecular weight excluding hydrogens is 330 g/mol. The Morgan fingerprint density at radius 1 is 1.07 bits per heavy atom. The Bertz CT molecular complexity index is 426. The molecule has 0 amide bonds. The molecule has 0 aliphatic heterocycles. The summed E-state index contributed by atoms with van der Waals surface area (Å²) in [7, 11) is 0. The quantitative estimate of drug-likeness (QED) is 0.907. The van der Waals surface area contributed by atoms with E-state index < -0.39 is 0 Å². The summed E-state index contributed by atoms with van der Waals surface area (Å²) in [5.74, 6) is 0. The molecule has 1 aromatic carbocycles. The van der Waals surface area contributed by atoms with Crippen molar-refractivity contribution in [1.29, 1.82) is 0 Å². The molecule has 1 aromatic heterocycles. The van der Waals surface area contributed by atoms with Gasteiger partial charge in [-0.1, -0.05) is 27.3 Å². The van der Waals surface area contributed by atoms with Crippen LogP contribution in [0.4, 0.5) is 10.8 Å². The lowest BCUT2D eigenvalue weighted by molar-refractivity contribution is 1.07. The maximum absolute atomic E-state index is 3.93. The third-order valence-corrected chi connectivity index (χ3v) is 3.30. The van der Waals surface area contributed by atoms with E-state index in [-0.39, 0.29) is 0 Å². The Morgan fingerprint density at radius 2 is 1.79 bits per heavy atom. The van der Waals surface area contributed by atoms with E-state index in [9.17, 15) is 0 Å². The molecular formula is C8H5Br2N3S. The molecule has 0 aliphatic rings. The van der Waals surface area contributed by atoms with Crippen LogP contribution in [0.3, 0.4) is 0 Å². The maximum Gasteiger partial charge on any atom is 0.210 e. The minimum absolute atomic E-state index is 0.775. The van der Waals surface area contributed by atoms with Crippen LogP contribution in [-0.2, 0) is 0 Å². The molecule has 0 atom stereocenters. The highest BCUT2D eigenvalue weighted by Crippen LogP contribution is 2.24. The molecule has 0 spiro atoms. The topological polar surface area (TPSA) is 37.8 Å². The van der Waals surface area contributed by atoms with Crippen molar-refractivity contribution in [2.45, 2.75) is 0 Å². The number of benzene rings is 1.